The van der Waals surface area contributed by atoms with E-state index in [4.69, 9.17) is 13.9 Å². The Kier molecular flexibility index (Phi) is 4.19. The van der Waals surface area contributed by atoms with Crippen LogP contribution in [0.2, 0.25) is 0 Å². The third-order valence-corrected chi connectivity index (χ3v) is 3.45. The first-order valence-electron chi connectivity index (χ1n) is 7.26. The molecule has 0 fully saturated rings. The summed E-state index contributed by atoms with van der Waals surface area (Å²) in [4.78, 5) is 11.9. The Morgan fingerprint density at radius 1 is 1.13 bits per heavy atom. The second-order valence-electron chi connectivity index (χ2n) is 5.07. The zero-order valence-electron chi connectivity index (χ0n) is 12.9. The van der Waals surface area contributed by atoms with E-state index in [9.17, 15) is 4.79 Å². The van der Waals surface area contributed by atoms with Crippen LogP contribution in [-0.2, 0) is 4.74 Å². The highest BCUT2D eigenvalue weighted by atomic mass is 16.6. The van der Waals surface area contributed by atoms with E-state index in [0.717, 1.165) is 5.39 Å². The Morgan fingerprint density at radius 2 is 1.91 bits per heavy atom. The number of anilines is 1. The van der Waals surface area contributed by atoms with Crippen molar-refractivity contribution in [1.29, 1.82) is 0 Å². The van der Waals surface area contributed by atoms with Crippen molar-refractivity contribution in [3.8, 4) is 5.75 Å². The summed E-state index contributed by atoms with van der Waals surface area (Å²) in [6.45, 7) is 1.76. The zero-order valence-corrected chi connectivity index (χ0v) is 12.9. The molecule has 0 aliphatic carbocycles. The number of fused-ring (bicyclic) bond motifs is 1. The lowest BCUT2D eigenvalue weighted by Crippen LogP contribution is -2.15. The third kappa shape index (κ3) is 3.29. The predicted molar refractivity (Wildman–Crippen MR) is 87.7 cm³/mol. The van der Waals surface area contributed by atoms with Gasteiger partial charge < -0.3 is 13.9 Å². The maximum atomic E-state index is 11.9. The highest BCUT2D eigenvalue weighted by molar-refractivity contribution is 5.85. The second-order valence-corrected chi connectivity index (χ2v) is 5.07. The Balaban J connectivity index is 1.73. The van der Waals surface area contributed by atoms with Crippen LogP contribution in [-0.4, -0.2) is 13.2 Å². The van der Waals surface area contributed by atoms with Crippen molar-refractivity contribution in [1.82, 2.24) is 0 Å². The standard InChI is InChI=1S/C18H17NO4/c1-12(22-18(20)19-14-8-4-3-5-9-14)16-11-13-7-6-10-15(21-2)17(13)23-16/h3-12H,1-2H3,(H,19,20)/t12-/m0/s1. The molecule has 23 heavy (non-hydrogen) atoms. The van der Waals surface area contributed by atoms with E-state index < -0.39 is 12.2 Å². The van der Waals surface area contributed by atoms with Crippen LogP contribution in [0.5, 0.6) is 5.75 Å². The van der Waals surface area contributed by atoms with Crippen molar-refractivity contribution in [2.75, 3.05) is 12.4 Å². The SMILES string of the molecule is COc1cccc2cc([C@H](C)OC(=O)Nc3ccccc3)oc12. The van der Waals surface area contributed by atoms with E-state index in [1.165, 1.54) is 0 Å². The van der Waals surface area contributed by atoms with E-state index in [2.05, 4.69) is 5.32 Å². The molecule has 1 aromatic heterocycles. The summed E-state index contributed by atoms with van der Waals surface area (Å²) in [6.07, 6.45) is -1.05. The van der Waals surface area contributed by atoms with E-state index in [1.807, 2.05) is 42.5 Å². The molecule has 0 unspecified atom stereocenters. The summed E-state index contributed by atoms with van der Waals surface area (Å²) in [6, 6.07) is 16.6. The first-order chi connectivity index (χ1) is 11.2. The molecule has 0 aliphatic heterocycles. The molecule has 1 amide bonds. The van der Waals surface area contributed by atoms with Crippen LogP contribution in [0, 0.1) is 0 Å². The summed E-state index contributed by atoms with van der Waals surface area (Å²) < 4.78 is 16.4. The second kappa shape index (κ2) is 6.44. The van der Waals surface area contributed by atoms with Crippen LogP contribution in [0.3, 0.4) is 0 Å². The summed E-state index contributed by atoms with van der Waals surface area (Å²) in [7, 11) is 1.59. The number of carbonyl (C=O) groups excluding carboxylic acids is 1. The summed E-state index contributed by atoms with van der Waals surface area (Å²) in [5.74, 6) is 1.21. The lowest BCUT2D eigenvalue weighted by Gasteiger charge is -2.11. The molecule has 5 nitrogen and oxygen atoms in total. The minimum Gasteiger partial charge on any atom is -0.493 e. The summed E-state index contributed by atoms with van der Waals surface area (Å²) >= 11 is 0. The topological polar surface area (TPSA) is 60.7 Å². The number of hydrogen-bond acceptors (Lipinski definition) is 4. The summed E-state index contributed by atoms with van der Waals surface area (Å²) in [5, 5.41) is 3.57. The molecular formula is C18H17NO4. The number of hydrogen-bond donors (Lipinski definition) is 1. The Morgan fingerprint density at radius 3 is 2.65 bits per heavy atom. The number of benzene rings is 2. The molecule has 0 bridgehead atoms. The normalized spacial score (nSPS) is 11.9. The van der Waals surface area contributed by atoms with Gasteiger partial charge in [-0.3, -0.25) is 5.32 Å². The number of carbonyl (C=O) groups is 1. The number of ether oxygens (including phenoxy) is 2. The molecular weight excluding hydrogens is 294 g/mol. The molecule has 0 radical (unpaired) electrons. The fourth-order valence-corrected chi connectivity index (χ4v) is 2.30. The maximum absolute atomic E-state index is 11.9. The van der Waals surface area contributed by atoms with Crippen molar-refractivity contribution in [3.63, 3.8) is 0 Å². The monoisotopic (exact) mass is 311 g/mol. The molecule has 0 saturated carbocycles. The van der Waals surface area contributed by atoms with Gasteiger partial charge in [-0.15, -0.1) is 0 Å². The molecule has 1 atom stereocenters. The van der Waals surface area contributed by atoms with Crippen LogP contribution in [0.4, 0.5) is 10.5 Å². The lowest BCUT2D eigenvalue weighted by atomic mass is 10.2. The van der Waals surface area contributed by atoms with Gasteiger partial charge in [0.15, 0.2) is 17.4 Å². The minimum atomic E-state index is -0.531. The molecule has 118 valence electrons. The number of rotatable bonds is 4. The number of para-hydroxylation sites is 2. The fraction of sp³-hybridized carbons (Fsp3) is 0.167. The largest absolute Gasteiger partial charge is 0.493 e. The Labute approximate surface area is 133 Å². The number of nitrogens with one attached hydrogen (secondary N) is 1. The van der Waals surface area contributed by atoms with Crippen LogP contribution in [0.15, 0.2) is 59.0 Å². The van der Waals surface area contributed by atoms with Crippen LogP contribution < -0.4 is 10.1 Å². The lowest BCUT2D eigenvalue weighted by molar-refractivity contribution is 0.109. The average molecular weight is 311 g/mol. The first-order valence-corrected chi connectivity index (χ1v) is 7.26. The van der Waals surface area contributed by atoms with Gasteiger partial charge in [0.1, 0.15) is 5.76 Å². The third-order valence-electron chi connectivity index (χ3n) is 3.45. The van der Waals surface area contributed by atoms with Crippen molar-refractivity contribution >= 4 is 22.7 Å². The molecule has 1 N–H and O–H groups in total. The fourth-order valence-electron chi connectivity index (χ4n) is 2.30. The van der Waals surface area contributed by atoms with Gasteiger partial charge in [-0.05, 0) is 31.2 Å². The van der Waals surface area contributed by atoms with Gasteiger partial charge in [-0.1, -0.05) is 30.3 Å². The first kappa shape index (κ1) is 15.0. The zero-order chi connectivity index (χ0) is 16.2. The molecule has 3 rings (SSSR count). The van der Waals surface area contributed by atoms with Crippen LogP contribution in [0.25, 0.3) is 11.0 Å². The van der Waals surface area contributed by atoms with Crippen LogP contribution >= 0.6 is 0 Å². The van der Waals surface area contributed by atoms with Crippen LogP contribution in [0.1, 0.15) is 18.8 Å². The van der Waals surface area contributed by atoms with Crippen molar-refractivity contribution in [2.24, 2.45) is 0 Å². The average Bonchev–Trinajstić information content (AvgIpc) is 3.00. The predicted octanol–water partition coefficient (Wildman–Crippen LogP) is 4.75. The number of furan rings is 1. The molecule has 5 heteroatoms. The van der Waals surface area contributed by atoms with Gasteiger partial charge >= 0.3 is 6.09 Å². The number of methoxy groups -OCH3 is 1. The molecule has 0 saturated heterocycles. The molecule has 2 aromatic carbocycles. The highest BCUT2D eigenvalue weighted by Gasteiger charge is 2.17. The summed E-state index contributed by atoms with van der Waals surface area (Å²) in [5.41, 5.74) is 1.32. The van der Waals surface area contributed by atoms with Gasteiger partial charge in [0, 0.05) is 11.1 Å². The highest BCUT2D eigenvalue weighted by Crippen LogP contribution is 2.32. The van der Waals surface area contributed by atoms with E-state index >= 15 is 0 Å². The quantitative estimate of drug-likeness (QED) is 0.755. The Hall–Kier alpha value is -2.95. The van der Waals surface area contributed by atoms with Gasteiger partial charge in [0.25, 0.3) is 0 Å². The Bertz CT molecular complexity index is 810. The maximum Gasteiger partial charge on any atom is 0.412 e. The van der Waals surface area contributed by atoms with E-state index in [0.29, 0.717) is 22.8 Å². The van der Waals surface area contributed by atoms with Crippen molar-refractivity contribution in [3.05, 3.63) is 60.4 Å². The van der Waals surface area contributed by atoms with Crippen molar-refractivity contribution < 1.29 is 18.7 Å². The molecule has 1 heterocycles. The van der Waals surface area contributed by atoms with Gasteiger partial charge in [0.2, 0.25) is 0 Å². The van der Waals surface area contributed by atoms with Gasteiger partial charge in [-0.2, -0.15) is 0 Å². The minimum absolute atomic E-state index is 0.518. The van der Waals surface area contributed by atoms with E-state index in [-0.39, 0.29) is 0 Å². The smallest absolute Gasteiger partial charge is 0.412 e. The molecule has 3 aromatic rings. The van der Waals surface area contributed by atoms with Crippen molar-refractivity contribution in [2.45, 2.75) is 13.0 Å². The van der Waals surface area contributed by atoms with Gasteiger partial charge in [0.05, 0.1) is 7.11 Å². The number of amides is 1. The van der Waals surface area contributed by atoms with Gasteiger partial charge in [-0.25, -0.2) is 4.79 Å². The van der Waals surface area contributed by atoms with E-state index in [1.54, 1.807) is 26.2 Å². The molecule has 0 spiro atoms. The molecule has 0 aliphatic rings.